The van der Waals surface area contributed by atoms with Gasteiger partial charge in [-0.25, -0.2) is 10.5 Å². The minimum atomic E-state index is -0.551. The van der Waals surface area contributed by atoms with Crippen LogP contribution in [-0.2, 0) is 17.8 Å². The van der Waals surface area contributed by atoms with Crippen LogP contribution in [0.25, 0.3) is 11.7 Å². The largest absolute Gasteiger partial charge is 0.304 e. The molecule has 6 nitrogen and oxygen atoms in total. The van der Waals surface area contributed by atoms with Gasteiger partial charge in [-0.3, -0.25) is 10.0 Å². The number of pyridine rings is 1. The average Bonchev–Trinajstić information content (AvgIpc) is 2.86. The monoisotopic (exact) mass is 316 g/mol. The van der Waals surface area contributed by atoms with Crippen LogP contribution >= 0.6 is 0 Å². The maximum Gasteiger partial charge on any atom is 0.267 e. The van der Waals surface area contributed by atoms with Gasteiger partial charge in [-0.2, -0.15) is 0 Å². The molecule has 6 heteroatoms. The van der Waals surface area contributed by atoms with Crippen molar-refractivity contribution in [2.75, 3.05) is 14.1 Å². The molecule has 0 radical (unpaired) electrons. The van der Waals surface area contributed by atoms with Crippen molar-refractivity contribution in [3.8, 4) is 0 Å². The SMILES string of the molecule is CCCCc1nc2cc(C=CC(=O)NO)ccn2c1CN(C)C. The number of unbranched alkanes of at least 4 members (excludes halogenated alkanes) is 1. The van der Waals surface area contributed by atoms with Crippen LogP contribution in [0.15, 0.2) is 24.4 Å². The summed E-state index contributed by atoms with van der Waals surface area (Å²) < 4.78 is 2.11. The number of nitrogens with one attached hydrogen (secondary N) is 1. The molecule has 0 aliphatic heterocycles. The van der Waals surface area contributed by atoms with Gasteiger partial charge >= 0.3 is 0 Å². The first-order valence-corrected chi connectivity index (χ1v) is 7.82. The van der Waals surface area contributed by atoms with E-state index in [-0.39, 0.29) is 0 Å². The number of hydroxylamine groups is 1. The van der Waals surface area contributed by atoms with Crippen LogP contribution in [0, 0.1) is 0 Å². The third kappa shape index (κ3) is 4.40. The summed E-state index contributed by atoms with van der Waals surface area (Å²) in [6.45, 7) is 3.01. The first-order chi connectivity index (χ1) is 11.0. The van der Waals surface area contributed by atoms with Gasteiger partial charge in [0.1, 0.15) is 5.65 Å². The molecule has 0 bridgehead atoms. The lowest BCUT2D eigenvalue weighted by atomic mass is 10.1. The molecule has 2 aromatic heterocycles. The highest BCUT2D eigenvalue weighted by atomic mass is 16.5. The molecule has 0 saturated heterocycles. The molecule has 0 saturated carbocycles. The van der Waals surface area contributed by atoms with Crippen molar-refractivity contribution in [1.29, 1.82) is 0 Å². The molecule has 0 atom stereocenters. The van der Waals surface area contributed by atoms with Crippen molar-refractivity contribution in [3.63, 3.8) is 0 Å². The van der Waals surface area contributed by atoms with Crippen LogP contribution in [0.1, 0.15) is 36.7 Å². The smallest absolute Gasteiger partial charge is 0.267 e. The molecule has 0 aromatic carbocycles. The highest BCUT2D eigenvalue weighted by Crippen LogP contribution is 2.18. The fraction of sp³-hybridized carbons (Fsp3) is 0.412. The molecule has 0 spiro atoms. The van der Waals surface area contributed by atoms with Crippen LogP contribution in [0.4, 0.5) is 0 Å². The number of aromatic nitrogens is 2. The molecule has 0 unspecified atom stereocenters. The zero-order valence-electron chi connectivity index (χ0n) is 13.9. The fourth-order valence-electron chi connectivity index (χ4n) is 2.48. The molecule has 2 heterocycles. The van der Waals surface area contributed by atoms with Crippen molar-refractivity contribution >= 4 is 17.6 Å². The molecule has 0 aliphatic carbocycles. The number of imidazole rings is 1. The Morgan fingerprint density at radius 3 is 2.91 bits per heavy atom. The average molecular weight is 316 g/mol. The van der Waals surface area contributed by atoms with Gasteiger partial charge in [0, 0.05) is 18.8 Å². The second-order valence-electron chi connectivity index (χ2n) is 5.84. The normalized spacial score (nSPS) is 11.7. The Balaban J connectivity index is 2.38. The summed E-state index contributed by atoms with van der Waals surface area (Å²) in [7, 11) is 4.10. The zero-order valence-corrected chi connectivity index (χ0v) is 13.9. The van der Waals surface area contributed by atoms with Gasteiger partial charge in [0.2, 0.25) is 0 Å². The summed E-state index contributed by atoms with van der Waals surface area (Å²) in [5.41, 5.74) is 5.66. The van der Waals surface area contributed by atoms with Crippen molar-refractivity contribution < 1.29 is 10.0 Å². The maximum atomic E-state index is 11.1. The lowest BCUT2D eigenvalue weighted by Crippen LogP contribution is -2.14. The van der Waals surface area contributed by atoms with Gasteiger partial charge < -0.3 is 9.30 Å². The first-order valence-electron chi connectivity index (χ1n) is 7.82. The van der Waals surface area contributed by atoms with Gasteiger partial charge in [-0.1, -0.05) is 13.3 Å². The Morgan fingerprint density at radius 1 is 1.48 bits per heavy atom. The van der Waals surface area contributed by atoms with Crippen LogP contribution in [0.3, 0.4) is 0 Å². The Morgan fingerprint density at radius 2 is 2.26 bits per heavy atom. The van der Waals surface area contributed by atoms with Crippen molar-refractivity contribution in [2.45, 2.75) is 32.7 Å². The predicted molar refractivity (Wildman–Crippen MR) is 90.2 cm³/mol. The molecular weight excluding hydrogens is 292 g/mol. The van der Waals surface area contributed by atoms with Gasteiger partial charge in [0.25, 0.3) is 5.91 Å². The highest BCUT2D eigenvalue weighted by Gasteiger charge is 2.12. The Labute approximate surface area is 136 Å². The van der Waals surface area contributed by atoms with Crippen LogP contribution in [0.5, 0.6) is 0 Å². The topological polar surface area (TPSA) is 69.9 Å². The number of fused-ring (bicyclic) bond motifs is 1. The van der Waals surface area contributed by atoms with Crippen LogP contribution in [-0.4, -0.2) is 39.5 Å². The standard InChI is InChI=1S/C17H24N4O2/c1-4-5-6-14-15(12-20(2)3)21-10-9-13(11-16(21)18-14)7-8-17(22)19-23/h7-11,23H,4-6,12H2,1-3H3,(H,19,22). The number of nitrogens with zero attached hydrogens (tertiary/aromatic N) is 3. The van der Waals surface area contributed by atoms with Gasteiger partial charge in [-0.05, 0) is 50.7 Å². The minimum Gasteiger partial charge on any atom is -0.304 e. The Bertz CT molecular complexity index is 704. The minimum absolute atomic E-state index is 0.551. The molecule has 1 amide bonds. The van der Waals surface area contributed by atoms with Crippen LogP contribution in [0.2, 0.25) is 0 Å². The van der Waals surface area contributed by atoms with Crippen molar-refractivity contribution in [2.24, 2.45) is 0 Å². The van der Waals surface area contributed by atoms with E-state index in [9.17, 15) is 4.79 Å². The van der Waals surface area contributed by atoms with E-state index in [0.717, 1.165) is 42.7 Å². The number of hydrogen-bond donors (Lipinski definition) is 2. The van der Waals surface area contributed by atoms with E-state index < -0.39 is 5.91 Å². The first kappa shape index (κ1) is 17.2. The van der Waals surface area contributed by atoms with Gasteiger partial charge in [0.05, 0.1) is 11.4 Å². The predicted octanol–water partition coefficient (Wildman–Crippen LogP) is 2.26. The fourth-order valence-corrected chi connectivity index (χ4v) is 2.48. The zero-order chi connectivity index (χ0) is 16.8. The molecule has 2 aromatic rings. The summed E-state index contributed by atoms with van der Waals surface area (Å²) in [4.78, 5) is 18.0. The summed E-state index contributed by atoms with van der Waals surface area (Å²) in [5, 5.41) is 8.52. The molecule has 0 aliphatic rings. The van der Waals surface area contributed by atoms with Crippen molar-refractivity contribution in [1.82, 2.24) is 19.8 Å². The van der Waals surface area contributed by atoms with E-state index in [0.29, 0.717) is 0 Å². The number of rotatable bonds is 7. The number of aryl methyl sites for hydroxylation is 1. The van der Waals surface area contributed by atoms with Crippen molar-refractivity contribution in [3.05, 3.63) is 41.4 Å². The lowest BCUT2D eigenvalue weighted by Gasteiger charge is -2.11. The molecule has 2 rings (SSSR count). The summed E-state index contributed by atoms with van der Waals surface area (Å²) in [6, 6.07) is 3.87. The second kappa shape index (κ2) is 7.89. The van der Waals surface area contributed by atoms with E-state index in [1.54, 1.807) is 11.6 Å². The molecule has 23 heavy (non-hydrogen) atoms. The van der Waals surface area contributed by atoms with E-state index in [2.05, 4.69) is 16.2 Å². The molecule has 2 N–H and O–H groups in total. The summed E-state index contributed by atoms with van der Waals surface area (Å²) >= 11 is 0. The summed E-state index contributed by atoms with van der Waals surface area (Å²) in [6.07, 6.45) is 8.14. The summed E-state index contributed by atoms with van der Waals surface area (Å²) in [5.74, 6) is -0.551. The van der Waals surface area contributed by atoms with Gasteiger partial charge in [-0.15, -0.1) is 0 Å². The molecular formula is C17H24N4O2. The number of carbonyl (C=O) groups is 1. The van der Waals surface area contributed by atoms with E-state index in [1.165, 1.54) is 11.8 Å². The number of hydrogen-bond acceptors (Lipinski definition) is 4. The maximum absolute atomic E-state index is 11.1. The van der Waals surface area contributed by atoms with E-state index in [4.69, 9.17) is 10.2 Å². The Kier molecular flexibility index (Phi) is 5.90. The third-order valence-corrected chi connectivity index (χ3v) is 3.60. The molecule has 0 fully saturated rings. The van der Waals surface area contributed by atoms with E-state index in [1.807, 2.05) is 32.4 Å². The quantitative estimate of drug-likeness (QED) is 0.467. The lowest BCUT2D eigenvalue weighted by molar-refractivity contribution is -0.124. The van der Waals surface area contributed by atoms with Gasteiger partial charge in [0.15, 0.2) is 0 Å². The number of carbonyl (C=O) groups excluding carboxylic acids is 1. The third-order valence-electron chi connectivity index (χ3n) is 3.60. The Hall–Kier alpha value is -2.18. The van der Waals surface area contributed by atoms with Crippen LogP contribution < -0.4 is 5.48 Å². The van der Waals surface area contributed by atoms with E-state index >= 15 is 0 Å². The number of amides is 1. The highest BCUT2D eigenvalue weighted by molar-refractivity contribution is 5.90. The second-order valence-corrected chi connectivity index (χ2v) is 5.84. The molecule has 124 valence electrons.